The molecule has 0 bridgehead atoms. The number of benzene rings is 1. The summed E-state index contributed by atoms with van der Waals surface area (Å²) in [5.41, 5.74) is 0.576. The molecule has 5 nitrogen and oxygen atoms in total. The molecular weight excluding hydrogens is 312 g/mol. The van der Waals surface area contributed by atoms with Crippen molar-refractivity contribution in [1.29, 1.82) is 0 Å². The van der Waals surface area contributed by atoms with Crippen LogP contribution in [0.4, 0.5) is 0 Å². The highest BCUT2D eigenvalue weighted by Gasteiger charge is 2.33. The molecule has 0 spiro atoms. The summed E-state index contributed by atoms with van der Waals surface area (Å²) in [4.78, 5) is 16.1. The summed E-state index contributed by atoms with van der Waals surface area (Å²) in [6.45, 7) is 0.0538. The molecule has 0 saturated heterocycles. The second kappa shape index (κ2) is 6.50. The minimum atomic E-state index is -3.61. The lowest BCUT2D eigenvalue weighted by atomic mass is 10.2. The van der Waals surface area contributed by atoms with E-state index in [2.05, 4.69) is 10.3 Å². The Morgan fingerprint density at radius 3 is 2.52 bits per heavy atom. The van der Waals surface area contributed by atoms with Crippen LogP contribution >= 0.6 is 0 Å². The number of carbonyl (C=O) groups is 1. The van der Waals surface area contributed by atoms with Crippen LogP contribution in [0.1, 0.15) is 23.7 Å². The van der Waals surface area contributed by atoms with Crippen molar-refractivity contribution in [3.05, 3.63) is 60.4 Å². The summed E-state index contributed by atoms with van der Waals surface area (Å²) in [5.74, 6) is -0.0221. The van der Waals surface area contributed by atoms with Gasteiger partial charge in [-0.15, -0.1) is 0 Å². The number of amides is 1. The largest absolute Gasteiger partial charge is 0.354 e. The van der Waals surface area contributed by atoms with Crippen LogP contribution in [0, 0.1) is 5.92 Å². The number of rotatable bonds is 6. The van der Waals surface area contributed by atoms with Crippen LogP contribution in [0.3, 0.4) is 0 Å². The molecule has 1 heterocycles. The van der Waals surface area contributed by atoms with Gasteiger partial charge in [-0.3, -0.25) is 9.78 Å². The van der Waals surface area contributed by atoms with E-state index in [1.165, 1.54) is 6.20 Å². The first-order chi connectivity index (χ1) is 11.1. The number of nitrogens with zero attached hydrogens (tertiary/aromatic N) is 1. The Morgan fingerprint density at radius 1 is 1.17 bits per heavy atom. The first-order valence-electron chi connectivity index (χ1n) is 7.55. The van der Waals surface area contributed by atoms with E-state index in [0.29, 0.717) is 5.56 Å². The van der Waals surface area contributed by atoms with Gasteiger partial charge in [-0.25, -0.2) is 8.42 Å². The van der Waals surface area contributed by atoms with Gasteiger partial charge in [0.25, 0.3) is 0 Å². The molecule has 1 fully saturated rings. The Morgan fingerprint density at radius 2 is 1.91 bits per heavy atom. The quantitative estimate of drug-likeness (QED) is 0.880. The Balaban J connectivity index is 1.89. The van der Waals surface area contributed by atoms with Crippen LogP contribution in [0.5, 0.6) is 0 Å². The minimum Gasteiger partial charge on any atom is -0.354 e. The fourth-order valence-electron chi connectivity index (χ4n) is 2.43. The highest BCUT2D eigenvalue weighted by atomic mass is 32.2. The third kappa shape index (κ3) is 3.59. The molecule has 1 N–H and O–H groups in total. The van der Waals surface area contributed by atoms with Gasteiger partial charge in [0, 0.05) is 24.9 Å². The van der Waals surface area contributed by atoms with Crippen LogP contribution in [0.2, 0.25) is 0 Å². The average Bonchev–Trinajstić information content (AvgIpc) is 3.41. The zero-order valence-corrected chi connectivity index (χ0v) is 13.4. The van der Waals surface area contributed by atoms with Gasteiger partial charge < -0.3 is 5.32 Å². The van der Waals surface area contributed by atoms with E-state index >= 15 is 0 Å². The van der Waals surface area contributed by atoms with Crippen molar-refractivity contribution in [1.82, 2.24) is 10.3 Å². The predicted molar refractivity (Wildman–Crippen MR) is 86.3 cm³/mol. The van der Waals surface area contributed by atoms with Crippen molar-refractivity contribution >= 4 is 15.7 Å². The summed E-state index contributed by atoms with van der Waals surface area (Å²) < 4.78 is 25.9. The maximum absolute atomic E-state index is 13.0. The van der Waals surface area contributed by atoms with Gasteiger partial charge in [0.05, 0.1) is 4.90 Å². The second-order valence-electron chi connectivity index (χ2n) is 5.65. The van der Waals surface area contributed by atoms with Crippen LogP contribution in [-0.4, -0.2) is 25.9 Å². The molecule has 0 unspecified atom stereocenters. The molecule has 1 atom stereocenters. The number of pyridine rings is 1. The molecule has 0 radical (unpaired) electrons. The first-order valence-corrected chi connectivity index (χ1v) is 9.10. The van der Waals surface area contributed by atoms with Gasteiger partial charge >= 0.3 is 0 Å². The Kier molecular flexibility index (Phi) is 4.43. The fourth-order valence-corrected chi connectivity index (χ4v) is 4.10. The zero-order valence-electron chi connectivity index (χ0n) is 12.6. The normalized spacial score (nSPS) is 15.8. The average molecular weight is 330 g/mol. The maximum Gasteiger partial charge on any atom is 0.223 e. The third-order valence-electron chi connectivity index (χ3n) is 3.91. The van der Waals surface area contributed by atoms with Crippen LogP contribution in [0.15, 0.2) is 59.8 Å². The molecule has 23 heavy (non-hydrogen) atoms. The summed E-state index contributed by atoms with van der Waals surface area (Å²) in [6.07, 6.45) is 4.90. The summed E-state index contributed by atoms with van der Waals surface area (Å²) >= 11 is 0. The summed E-state index contributed by atoms with van der Waals surface area (Å²) in [7, 11) is -3.61. The molecule has 0 aliphatic heterocycles. The Hall–Kier alpha value is -2.21. The molecule has 1 aliphatic carbocycles. The number of hydrogen-bond acceptors (Lipinski definition) is 4. The topological polar surface area (TPSA) is 76.1 Å². The predicted octanol–water partition coefficient (Wildman–Crippen LogP) is 2.12. The first kappa shape index (κ1) is 15.7. The molecule has 2 aromatic rings. The van der Waals surface area contributed by atoms with Crippen molar-refractivity contribution < 1.29 is 13.2 Å². The fraction of sp³-hybridized carbons (Fsp3) is 0.294. The van der Waals surface area contributed by atoms with E-state index in [4.69, 9.17) is 0 Å². The highest BCUT2D eigenvalue weighted by molar-refractivity contribution is 7.91. The van der Waals surface area contributed by atoms with Gasteiger partial charge in [-0.05, 0) is 36.6 Å². The standard InChI is InChI=1S/C17H18N2O3S/c20-17(13-8-9-13)19-12-16(14-5-4-10-18-11-14)23(21,22)15-6-2-1-3-7-15/h1-7,10-11,13,16H,8-9,12H2,(H,19,20)/t16-/m0/s1. The van der Waals surface area contributed by atoms with Gasteiger partial charge in [0.1, 0.15) is 5.25 Å². The van der Waals surface area contributed by atoms with Gasteiger partial charge in [0.15, 0.2) is 9.84 Å². The molecular formula is C17H18N2O3S. The molecule has 1 aromatic heterocycles. The van der Waals surface area contributed by atoms with Crippen molar-refractivity contribution in [2.75, 3.05) is 6.54 Å². The highest BCUT2D eigenvalue weighted by Crippen LogP contribution is 2.31. The van der Waals surface area contributed by atoms with Crippen molar-refractivity contribution in [3.63, 3.8) is 0 Å². The lowest BCUT2D eigenvalue weighted by Gasteiger charge is -2.18. The van der Waals surface area contributed by atoms with Crippen LogP contribution < -0.4 is 5.32 Å². The van der Waals surface area contributed by atoms with E-state index in [0.717, 1.165) is 12.8 Å². The second-order valence-corrected chi connectivity index (χ2v) is 7.78. The number of sulfone groups is 1. The third-order valence-corrected chi connectivity index (χ3v) is 6.03. The van der Waals surface area contributed by atoms with E-state index in [1.807, 2.05) is 0 Å². The molecule has 3 rings (SSSR count). The zero-order chi connectivity index (χ0) is 16.3. The van der Waals surface area contributed by atoms with Crippen LogP contribution in [-0.2, 0) is 14.6 Å². The molecule has 6 heteroatoms. The molecule has 1 aromatic carbocycles. The van der Waals surface area contributed by atoms with Crippen LogP contribution in [0.25, 0.3) is 0 Å². The monoisotopic (exact) mass is 330 g/mol. The summed E-state index contributed by atoms with van der Waals surface area (Å²) in [6, 6.07) is 11.7. The number of nitrogens with one attached hydrogen (secondary N) is 1. The molecule has 120 valence electrons. The summed E-state index contributed by atoms with van der Waals surface area (Å²) in [5, 5.41) is 1.93. The Labute approximate surface area is 135 Å². The van der Waals surface area contributed by atoms with E-state index in [9.17, 15) is 13.2 Å². The molecule has 1 aliphatic rings. The van der Waals surface area contributed by atoms with Gasteiger partial charge in [0.2, 0.25) is 5.91 Å². The van der Waals surface area contributed by atoms with Gasteiger partial charge in [-0.1, -0.05) is 24.3 Å². The number of carbonyl (C=O) groups excluding carboxylic acids is 1. The van der Waals surface area contributed by atoms with Gasteiger partial charge in [-0.2, -0.15) is 0 Å². The minimum absolute atomic E-state index is 0.0453. The van der Waals surface area contributed by atoms with Crippen molar-refractivity contribution in [2.24, 2.45) is 5.92 Å². The SMILES string of the molecule is O=C(NC[C@@H](c1cccnc1)S(=O)(=O)c1ccccc1)C1CC1. The number of aromatic nitrogens is 1. The number of hydrogen-bond donors (Lipinski definition) is 1. The molecule has 1 amide bonds. The van der Waals surface area contributed by atoms with E-state index in [1.54, 1.807) is 48.7 Å². The smallest absolute Gasteiger partial charge is 0.223 e. The Bertz CT molecular complexity index is 772. The van der Waals surface area contributed by atoms with Crippen molar-refractivity contribution in [3.8, 4) is 0 Å². The lowest BCUT2D eigenvalue weighted by molar-refractivity contribution is -0.122. The van der Waals surface area contributed by atoms with E-state index in [-0.39, 0.29) is 23.3 Å². The molecule has 1 saturated carbocycles. The lowest BCUT2D eigenvalue weighted by Crippen LogP contribution is -2.32. The maximum atomic E-state index is 13.0. The van der Waals surface area contributed by atoms with Crippen molar-refractivity contribution in [2.45, 2.75) is 23.0 Å². The van der Waals surface area contributed by atoms with E-state index < -0.39 is 15.1 Å².